The molecule has 1 aromatic carbocycles. The fourth-order valence-corrected chi connectivity index (χ4v) is 1.98. The molecule has 0 saturated heterocycles. The first-order chi connectivity index (χ1) is 6.65. The monoisotopic (exact) mass is 256 g/mol. The summed E-state index contributed by atoms with van der Waals surface area (Å²) in [5.74, 6) is 0. The van der Waals surface area contributed by atoms with Gasteiger partial charge in [-0.3, -0.25) is 0 Å². The molecule has 0 radical (unpaired) electrons. The number of rotatable bonds is 4. The Balaban J connectivity index is 2.77. The maximum Gasteiger partial charge on any atom is 0.0801 e. The van der Waals surface area contributed by atoms with Crippen molar-refractivity contribution >= 4 is 15.9 Å². The lowest BCUT2D eigenvalue weighted by Crippen LogP contribution is -1.98. The topological polar surface area (TPSA) is 20.2 Å². The summed E-state index contributed by atoms with van der Waals surface area (Å²) in [5.41, 5.74) is 2.21. The van der Waals surface area contributed by atoms with Crippen LogP contribution in [0.3, 0.4) is 0 Å². The molecule has 0 aromatic heterocycles. The van der Waals surface area contributed by atoms with Crippen molar-refractivity contribution in [1.29, 1.82) is 0 Å². The molecule has 1 atom stereocenters. The molecule has 78 valence electrons. The lowest BCUT2D eigenvalue weighted by Gasteiger charge is -2.12. The van der Waals surface area contributed by atoms with Gasteiger partial charge in [0, 0.05) is 4.47 Å². The van der Waals surface area contributed by atoms with Crippen LogP contribution >= 0.6 is 15.9 Å². The molecule has 2 heteroatoms. The maximum atomic E-state index is 9.93. The van der Waals surface area contributed by atoms with Crippen LogP contribution in [-0.4, -0.2) is 5.11 Å². The maximum absolute atomic E-state index is 9.93. The third-order valence-electron chi connectivity index (χ3n) is 2.34. The minimum Gasteiger partial charge on any atom is -0.388 e. The predicted molar refractivity (Wildman–Crippen MR) is 63.4 cm³/mol. The molecule has 0 amide bonds. The number of benzene rings is 1. The largest absolute Gasteiger partial charge is 0.388 e. The summed E-state index contributed by atoms with van der Waals surface area (Å²) < 4.78 is 1.01. The highest BCUT2D eigenvalue weighted by Gasteiger charge is 2.10. The van der Waals surface area contributed by atoms with E-state index in [-0.39, 0.29) is 6.10 Å². The third-order valence-corrected chi connectivity index (χ3v) is 3.06. The summed E-state index contributed by atoms with van der Waals surface area (Å²) in [7, 11) is 0. The molecule has 0 spiro atoms. The molecule has 1 unspecified atom stereocenters. The Bertz CT molecular complexity index is 296. The Morgan fingerprint density at radius 1 is 1.43 bits per heavy atom. The van der Waals surface area contributed by atoms with Crippen LogP contribution in [-0.2, 0) is 0 Å². The van der Waals surface area contributed by atoms with Crippen molar-refractivity contribution in [3.63, 3.8) is 0 Å². The normalized spacial score (nSPS) is 12.9. The molecule has 1 nitrogen and oxygen atoms in total. The summed E-state index contributed by atoms with van der Waals surface area (Å²) in [6.07, 6.45) is 2.71. The van der Waals surface area contributed by atoms with E-state index in [0.717, 1.165) is 29.3 Å². The average molecular weight is 257 g/mol. The Hall–Kier alpha value is -0.340. The fraction of sp³-hybridized carbons (Fsp3) is 0.500. The van der Waals surface area contributed by atoms with E-state index in [1.807, 2.05) is 25.1 Å². The van der Waals surface area contributed by atoms with Crippen LogP contribution in [0.15, 0.2) is 22.7 Å². The molecule has 1 aromatic rings. The van der Waals surface area contributed by atoms with Gasteiger partial charge in [0.2, 0.25) is 0 Å². The molecule has 0 aliphatic rings. The molecular formula is C12H17BrO. The van der Waals surface area contributed by atoms with Crippen LogP contribution in [0.2, 0.25) is 0 Å². The number of hydrogen-bond donors (Lipinski definition) is 1. The zero-order chi connectivity index (χ0) is 10.6. The zero-order valence-electron chi connectivity index (χ0n) is 8.76. The van der Waals surface area contributed by atoms with E-state index in [2.05, 4.69) is 22.9 Å². The van der Waals surface area contributed by atoms with E-state index in [1.165, 1.54) is 5.56 Å². The molecule has 0 saturated carbocycles. The molecule has 14 heavy (non-hydrogen) atoms. The van der Waals surface area contributed by atoms with Crippen LogP contribution in [0.25, 0.3) is 0 Å². The quantitative estimate of drug-likeness (QED) is 0.864. The van der Waals surface area contributed by atoms with Gasteiger partial charge in [0.1, 0.15) is 0 Å². The summed E-state index contributed by atoms with van der Waals surface area (Å²) in [6, 6.07) is 6.09. The summed E-state index contributed by atoms with van der Waals surface area (Å²) >= 11 is 3.46. The number of unbranched alkanes of at least 4 members (excludes halogenated alkanes) is 1. The molecule has 1 N–H and O–H groups in total. The van der Waals surface area contributed by atoms with Gasteiger partial charge in [0.15, 0.2) is 0 Å². The van der Waals surface area contributed by atoms with Crippen molar-refractivity contribution in [2.45, 2.75) is 39.2 Å². The van der Waals surface area contributed by atoms with E-state index in [9.17, 15) is 5.11 Å². The van der Waals surface area contributed by atoms with E-state index < -0.39 is 0 Å². The van der Waals surface area contributed by atoms with Crippen molar-refractivity contribution < 1.29 is 5.11 Å². The summed E-state index contributed by atoms with van der Waals surface area (Å²) in [5, 5.41) is 9.93. The second-order valence-corrected chi connectivity index (χ2v) is 4.54. The van der Waals surface area contributed by atoms with Crippen molar-refractivity contribution in [3.05, 3.63) is 33.8 Å². The Morgan fingerprint density at radius 2 is 2.14 bits per heavy atom. The first-order valence-electron chi connectivity index (χ1n) is 5.09. The number of aryl methyl sites for hydroxylation is 1. The molecular weight excluding hydrogens is 240 g/mol. The van der Waals surface area contributed by atoms with E-state index in [0.29, 0.717) is 0 Å². The van der Waals surface area contributed by atoms with Gasteiger partial charge in [-0.2, -0.15) is 0 Å². The van der Waals surface area contributed by atoms with Crippen molar-refractivity contribution in [1.82, 2.24) is 0 Å². The van der Waals surface area contributed by atoms with Gasteiger partial charge < -0.3 is 5.11 Å². The van der Waals surface area contributed by atoms with Gasteiger partial charge in [-0.1, -0.05) is 53.4 Å². The summed E-state index contributed by atoms with van der Waals surface area (Å²) in [6.45, 7) is 4.18. The number of hydrogen-bond acceptors (Lipinski definition) is 1. The molecule has 0 fully saturated rings. The Labute approximate surface area is 94.3 Å². The minimum atomic E-state index is -0.329. The number of halogens is 1. The SMILES string of the molecule is CCCCC(O)c1cc(C)ccc1Br. The van der Waals surface area contributed by atoms with Gasteiger partial charge >= 0.3 is 0 Å². The van der Waals surface area contributed by atoms with Gasteiger partial charge in [0.25, 0.3) is 0 Å². The second kappa shape index (κ2) is 5.52. The van der Waals surface area contributed by atoms with Crippen LogP contribution in [0.1, 0.15) is 43.4 Å². The third kappa shape index (κ3) is 3.10. The highest BCUT2D eigenvalue weighted by Crippen LogP contribution is 2.27. The van der Waals surface area contributed by atoms with Crippen molar-refractivity contribution in [2.75, 3.05) is 0 Å². The Kier molecular flexibility index (Phi) is 4.63. The molecule has 0 heterocycles. The lowest BCUT2D eigenvalue weighted by atomic mass is 10.0. The lowest BCUT2D eigenvalue weighted by molar-refractivity contribution is 0.163. The highest BCUT2D eigenvalue weighted by molar-refractivity contribution is 9.10. The van der Waals surface area contributed by atoms with E-state index in [4.69, 9.17) is 0 Å². The first kappa shape index (κ1) is 11.7. The van der Waals surface area contributed by atoms with Crippen LogP contribution < -0.4 is 0 Å². The minimum absolute atomic E-state index is 0.329. The Morgan fingerprint density at radius 3 is 2.79 bits per heavy atom. The van der Waals surface area contributed by atoms with E-state index in [1.54, 1.807) is 0 Å². The van der Waals surface area contributed by atoms with Crippen LogP contribution in [0.4, 0.5) is 0 Å². The zero-order valence-corrected chi connectivity index (χ0v) is 10.3. The molecule has 1 rings (SSSR count). The van der Waals surface area contributed by atoms with Crippen LogP contribution in [0, 0.1) is 6.92 Å². The van der Waals surface area contributed by atoms with Crippen molar-refractivity contribution in [3.8, 4) is 0 Å². The van der Waals surface area contributed by atoms with E-state index >= 15 is 0 Å². The standard InChI is InChI=1S/C12H17BrO/c1-3-4-5-12(14)10-8-9(2)6-7-11(10)13/h6-8,12,14H,3-5H2,1-2H3. The average Bonchev–Trinajstić information content (AvgIpc) is 2.18. The fourth-order valence-electron chi connectivity index (χ4n) is 1.47. The molecule has 0 aliphatic heterocycles. The van der Waals surface area contributed by atoms with Gasteiger partial charge in [-0.05, 0) is 25.0 Å². The van der Waals surface area contributed by atoms with Crippen LogP contribution in [0.5, 0.6) is 0 Å². The van der Waals surface area contributed by atoms with Gasteiger partial charge in [0.05, 0.1) is 6.10 Å². The van der Waals surface area contributed by atoms with Crippen molar-refractivity contribution in [2.24, 2.45) is 0 Å². The number of aliphatic hydroxyl groups excluding tert-OH is 1. The molecule has 0 bridgehead atoms. The predicted octanol–water partition coefficient (Wildman–Crippen LogP) is 3.98. The summed E-state index contributed by atoms with van der Waals surface area (Å²) in [4.78, 5) is 0. The highest BCUT2D eigenvalue weighted by atomic mass is 79.9. The molecule has 0 aliphatic carbocycles. The first-order valence-corrected chi connectivity index (χ1v) is 5.88. The van der Waals surface area contributed by atoms with Gasteiger partial charge in [-0.25, -0.2) is 0 Å². The second-order valence-electron chi connectivity index (χ2n) is 3.68. The van der Waals surface area contributed by atoms with Gasteiger partial charge in [-0.15, -0.1) is 0 Å². The smallest absolute Gasteiger partial charge is 0.0801 e. The number of aliphatic hydroxyl groups is 1.